The van der Waals surface area contributed by atoms with Crippen LogP contribution in [0.25, 0.3) is 0 Å². The summed E-state index contributed by atoms with van der Waals surface area (Å²) in [4.78, 5) is 18.3. The molecule has 1 heterocycles. The SMILES string of the molecule is COc1cc(Br)c(Oc2ncc(C(=O)O)cn2)cc1Br. The number of halogens is 2. The van der Waals surface area contributed by atoms with Gasteiger partial charge in [-0.25, -0.2) is 14.8 Å². The van der Waals surface area contributed by atoms with Crippen LogP contribution >= 0.6 is 31.9 Å². The minimum absolute atomic E-state index is 0.00710. The Morgan fingerprint density at radius 3 is 2.25 bits per heavy atom. The Morgan fingerprint density at radius 2 is 1.70 bits per heavy atom. The predicted molar refractivity (Wildman–Crippen MR) is 77.5 cm³/mol. The van der Waals surface area contributed by atoms with Crippen molar-refractivity contribution < 1.29 is 19.4 Å². The highest BCUT2D eigenvalue weighted by Crippen LogP contribution is 2.37. The smallest absolute Gasteiger partial charge is 0.338 e. The number of benzene rings is 1. The number of aromatic nitrogens is 2. The second kappa shape index (κ2) is 6.19. The molecule has 104 valence electrons. The lowest BCUT2D eigenvalue weighted by atomic mass is 10.3. The number of hydrogen-bond donors (Lipinski definition) is 1. The van der Waals surface area contributed by atoms with Gasteiger partial charge in [-0.05, 0) is 37.9 Å². The Kier molecular flexibility index (Phi) is 4.56. The van der Waals surface area contributed by atoms with Crippen molar-refractivity contribution in [2.75, 3.05) is 7.11 Å². The van der Waals surface area contributed by atoms with Crippen LogP contribution in [0, 0.1) is 0 Å². The summed E-state index contributed by atoms with van der Waals surface area (Å²) in [5.74, 6) is 0.0250. The fourth-order valence-electron chi connectivity index (χ4n) is 1.32. The molecule has 2 rings (SSSR count). The number of aromatic carboxylic acids is 1. The van der Waals surface area contributed by atoms with E-state index in [0.29, 0.717) is 20.4 Å². The van der Waals surface area contributed by atoms with Crippen molar-refractivity contribution >= 4 is 37.8 Å². The van der Waals surface area contributed by atoms with Crippen molar-refractivity contribution in [3.8, 4) is 17.5 Å². The molecule has 1 N–H and O–H groups in total. The minimum atomic E-state index is -1.09. The fourth-order valence-corrected chi connectivity index (χ4v) is 2.21. The molecule has 0 saturated heterocycles. The average molecular weight is 404 g/mol. The van der Waals surface area contributed by atoms with E-state index in [4.69, 9.17) is 14.6 Å². The van der Waals surface area contributed by atoms with Gasteiger partial charge in [0.15, 0.2) is 0 Å². The Labute approximate surface area is 131 Å². The molecule has 6 nitrogen and oxygen atoms in total. The molecule has 0 aliphatic carbocycles. The third-order valence-corrected chi connectivity index (χ3v) is 3.52. The zero-order valence-corrected chi connectivity index (χ0v) is 13.3. The summed E-state index contributed by atoms with van der Waals surface area (Å²) in [5, 5.41) is 8.76. The molecule has 20 heavy (non-hydrogen) atoms. The highest BCUT2D eigenvalue weighted by atomic mass is 79.9. The molecular formula is C12H8Br2N2O4. The van der Waals surface area contributed by atoms with Crippen LogP contribution in [0.3, 0.4) is 0 Å². The highest BCUT2D eigenvalue weighted by molar-refractivity contribution is 9.11. The maximum atomic E-state index is 10.7. The van der Waals surface area contributed by atoms with Gasteiger partial charge in [0.25, 0.3) is 0 Å². The number of carboxylic acid groups (broad SMARTS) is 1. The number of ether oxygens (including phenoxy) is 2. The molecule has 0 aliphatic rings. The summed E-state index contributed by atoms with van der Waals surface area (Å²) in [6.45, 7) is 0. The standard InChI is InChI=1S/C12H8Br2N2O4/c1-19-9-2-8(14)10(3-7(9)13)20-12-15-4-6(5-16-12)11(17)18/h2-5H,1H3,(H,17,18). The zero-order chi connectivity index (χ0) is 14.7. The molecule has 0 aliphatic heterocycles. The van der Waals surface area contributed by atoms with Crippen LogP contribution < -0.4 is 9.47 Å². The van der Waals surface area contributed by atoms with Gasteiger partial charge in [0.1, 0.15) is 11.5 Å². The monoisotopic (exact) mass is 402 g/mol. The van der Waals surface area contributed by atoms with Gasteiger partial charge in [-0.15, -0.1) is 0 Å². The second-order valence-electron chi connectivity index (χ2n) is 3.58. The molecule has 0 unspecified atom stereocenters. The van der Waals surface area contributed by atoms with E-state index >= 15 is 0 Å². The summed E-state index contributed by atoms with van der Waals surface area (Å²) >= 11 is 6.68. The molecule has 1 aromatic heterocycles. The van der Waals surface area contributed by atoms with Gasteiger partial charge in [0.2, 0.25) is 0 Å². The first kappa shape index (κ1) is 14.7. The third kappa shape index (κ3) is 3.26. The first-order valence-corrected chi connectivity index (χ1v) is 6.86. The summed E-state index contributed by atoms with van der Waals surface area (Å²) < 4.78 is 12.0. The van der Waals surface area contributed by atoms with Crippen LogP contribution in [-0.2, 0) is 0 Å². The van der Waals surface area contributed by atoms with E-state index in [-0.39, 0.29) is 11.6 Å². The van der Waals surface area contributed by atoms with Crippen molar-refractivity contribution in [3.05, 3.63) is 39.0 Å². The highest BCUT2D eigenvalue weighted by Gasteiger charge is 2.11. The number of carbonyl (C=O) groups is 1. The first-order chi connectivity index (χ1) is 9.51. The molecule has 0 radical (unpaired) electrons. The molecule has 0 fully saturated rings. The Balaban J connectivity index is 2.25. The van der Waals surface area contributed by atoms with E-state index in [1.54, 1.807) is 19.2 Å². The molecular weight excluding hydrogens is 396 g/mol. The van der Waals surface area contributed by atoms with Gasteiger partial charge in [-0.2, -0.15) is 0 Å². The van der Waals surface area contributed by atoms with Gasteiger partial charge in [0, 0.05) is 18.5 Å². The second-order valence-corrected chi connectivity index (χ2v) is 5.29. The molecule has 8 heteroatoms. The van der Waals surface area contributed by atoms with Crippen LogP contribution in [-0.4, -0.2) is 28.2 Å². The van der Waals surface area contributed by atoms with Crippen molar-refractivity contribution in [1.82, 2.24) is 9.97 Å². The fraction of sp³-hybridized carbons (Fsp3) is 0.0833. The van der Waals surface area contributed by atoms with Gasteiger partial charge in [-0.1, -0.05) is 0 Å². The minimum Gasteiger partial charge on any atom is -0.496 e. The van der Waals surface area contributed by atoms with Crippen LogP contribution in [0.4, 0.5) is 0 Å². The van der Waals surface area contributed by atoms with Crippen LogP contribution in [0.5, 0.6) is 17.5 Å². The van der Waals surface area contributed by atoms with E-state index < -0.39 is 5.97 Å². The van der Waals surface area contributed by atoms with Crippen LogP contribution in [0.1, 0.15) is 10.4 Å². The van der Waals surface area contributed by atoms with Crippen molar-refractivity contribution in [1.29, 1.82) is 0 Å². The number of rotatable bonds is 4. The van der Waals surface area contributed by atoms with Gasteiger partial charge >= 0.3 is 12.0 Å². The van der Waals surface area contributed by atoms with Gasteiger partial charge in [-0.3, -0.25) is 0 Å². The maximum Gasteiger partial charge on any atom is 0.338 e. The topological polar surface area (TPSA) is 81.5 Å². The van der Waals surface area contributed by atoms with E-state index in [0.717, 1.165) is 0 Å². The normalized spacial score (nSPS) is 10.2. The lowest BCUT2D eigenvalue weighted by molar-refractivity contribution is 0.0696. The molecule has 0 spiro atoms. The van der Waals surface area contributed by atoms with E-state index in [1.807, 2.05) is 0 Å². The molecule has 0 saturated carbocycles. The Hall–Kier alpha value is -1.67. The summed E-state index contributed by atoms with van der Waals surface area (Å²) in [5.41, 5.74) is -0.00710. The van der Waals surface area contributed by atoms with E-state index in [9.17, 15) is 4.79 Å². The first-order valence-electron chi connectivity index (χ1n) is 5.27. The average Bonchev–Trinajstić information content (AvgIpc) is 2.43. The lowest BCUT2D eigenvalue weighted by Gasteiger charge is -2.09. The summed E-state index contributed by atoms with van der Waals surface area (Å²) in [7, 11) is 1.56. The number of hydrogen-bond acceptors (Lipinski definition) is 5. The molecule has 0 amide bonds. The molecule has 0 atom stereocenters. The van der Waals surface area contributed by atoms with Crippen molar-refractivity contribution in [2.45, 2.75) is 0 Å². The quantitative estimate of drug-likeness (QED) is 0.841. The van der Waals surface area contributed by atoms with Crippen molar-refractivity contribution in [3.63, 3.8) is 0 Å². The number of methoxy groups -OCH3 is 1. The maximum absolute atomic E-state index is 10.7. The largest absolute Gasteiger partial charge is 0.496 e. The number of carboxylic acids is 1. The summed E-state index contributed by atoms with van der Waals surface area (Å²) in [6.07, 6.45) is 2.36. The van der Waals surface area contributed by atoms with E-state index in [1.165, 1.54) is 12.4 Å². The summed E-state index contributed by atoms with van der Waals surface area (Å²) in [6, 6.07) is 3.47. The Morgan fingerprint density at radius 1 is 1.15 bits per heavy atom. The zero-order valence-electron chi connectivity index (χ0n) is 10.1. The molecule has 2 aromatic rings. The third-order valence-electron chi connectivity index (χ3n) is 2.28. The predicted octanol–water partition coefficient (Wildman–Crippen LogP) is 3.50. The van der Waals surface area contributed by atoms with E-state index in [2.05, 4.69) is 41.8 Å². The van der Waals surface area contributed by atoms with Gasteiger partial charge in [0.05, 0.1) is 21.6 Å². The van der Waals surface area contributed by atoms with Crippen LogP contribution in [0.2, 0.25) is 0 Å². The lowest BCUT2D eigenvalue weighted by Crippen LogP contribution is -2.00. The molecule has 1 aromatic carbocycles. The van der Waals surface area contributed by atoms with Crippen LogP contribution in [0.15, 0.2) is 33.5 Å². The van der Waals surface area contributed by atoms with Gasteiger partial charge < -0.3 is 14.6 Å². The van der Waals surface area contributed by atoms with Crippen molar-refractivity contribution in [2.24, 2.45) is 0 Å². The number of nitrogens with zero attached hydrogens (tertiary/aromatic N) is 2. The molecule has 0 bridgehead atoms. The Bertz CT molecular complexity index is 647.